The van der Waals surface area contributed by atoms with Crippen molar-refractivity contribution in [1.82, 2.24) is 9.55 Å². The van der Waals surface area contributed by atoms with Gasteiger partial charge in [-0.25, -0.2) is 4.98 Å². The van der Waals surface area contributed by atoms with E-state index in [0.29, 0.717) is 12.5 Å². The molecule has 0 aliphatic carbocycles. The molecular formula is C17H25N3O. The minimum atomic E-state index is 0.212. The van der Waals surface area contributed by atoms with Crippen LogP contribution >= 0.6 is 0 Å². The normalized spacial score (nSPS) is 12.7. The van der Waals surface area contributed by atoms with Crippen LogP contribution in [-0.4, -0.2) is 29.3 Å². The minimum absolute atomic E-state index is 0.212. The Bertz CT molecular complexity index is 589. The van der Waals surface area contributed by atoms with Crippen LogP contribution in [0.5, 0.6) is 0 Å². The number of imidazole rings is 1. The minimum Gasteiger partial charge on any atom is -0.383 e. The van der Waals surface area contributed by atoms with Gasteiger partial charge in [-0.15, -0.1) is 0 Å². The fourth-order valence-corrected chi connectivity index (χ4v) is 2.34. The van der Waals surface area contributed by atoms with Crippen molar-refractivity contribution in [2.75, 3.05) is 19.0 Å². The second-order valence-electron chi connectivity index (χ2n) is 5.83. The molecule has 1 N–H and O–H groups in total. The average molecular weight is 287 g/mol. The third-order valence-corrected chi connectivity index (χ3v) is 3.43. The summed E-state index contributed by atoms with van der Waals surface area (Å²) in [5, 5.41) is 3.41. The molecule has 2 aromatic rings. The summed E-state index contributed by atoms with van der Waals surface area (Å²) in [5.41, 5.74) is 3.46. The van der Waals surface area contributed by atoms with Crippen LogP contribution in [0.3, 0.4) is 0 Å². The molecule has 4 heteroatoms. The van der Waals surface area contributed by atoms with Crippen molar-refractivity contribution in [2.45, 2.75) is 39.7 Å². The molecule has 1 aromatic heterocycles. The lowest BCUT2D eigenvalue weighted by Crippen LogP contribution is -2.22. The molecule has 1 heterocycles. The van der Waals surface area contributed by atoms with E-state index in [1.807, 2.05) is 6.92 Å². The number of nitrogens with zero attached hydrogens (tertiary/aromatic N) is 2. The van der Waals surface area contributed by atoms with Crippen LogP contribution in [-0.2, 0) is 4.74 Å². The number of benzene rings is 1. The first-order valence-electron chi connectivity index (χ1n) is 7.43. The van der Waals surface area contributed by atoms with Crippen LogP contribution in [0.4, 0.5) is 5.95 Å². The molecule has 0 saturated carbocycles. The molecule has 0 spiro atoms. The standard InChI is InChI=1S/C17H25N3O/c1-12(2)15-7-6-8-16(9-15)20-10-13(3)18-17(20)19-14(4)11-21-5/h6-10,12,14H,11H2,1-5H3,(H,18,19). The van der Waals surface area contributed by atoms with Crippen molar-refractivity contribution in [1.29, 1.82) is 0 Å². The van der Waals surface area contributed by atoms with Crippen molar-refractivity contribution >= 4 is 5.95 Å². The highest BCUT2D eigenvalue weighted by atomic mass is 16.5. The number of aryl methyl sites for hydroxylation is 1. The first kappa shape index (κ1) is 15.6. The molecule has 0 aliphatic rings. The Labute approximate surface area is 127 Å². The van der Waals surface area contributed by atoms with Crippen molar-refractivity contribution in [3.05, 3.63) is 41.7 Å². The van der Waals surface area contributed by atoms with E-state index >= 15 is 0 Å². The van der Waals surface area contributed by atoms with Crippen LogP contribution in [0.1, 0.15) is 37.9 Å². The maximum absolute atomic E-state index is 5.18. The molecule has 21 heavy (non-hydrogen) atoms. The lowest BCUT2D eigenvalue weighted by molar-refractivity contribution is 0.190. The molecule has 1 unspecified atom stereocenters. The van der Waals surface area contributed by atoms with E-state index in [1.165, 1.54) is 5.56 Å². The van der Waals surface area contributed by atoms with E-state index in [1.54, 1.807) is 7.11 Å². The molecule has 114 valence electrons. The van der Waals surface area contributed by atoms with Gasteiger partial charge in [-0.05, 0) is 37.5 Å². The van der Waals surface area contributed by atoms with Crippen molar-refractivity contribution in [2.24, 2.45) is 0 Å². The third-order valence-electron chi connectivity index (χ3n) is 3.43. The quantitative estimate of drug-likeness (QED) is 0.879. The Hall–Kier alpha value is -1.81. The first-order chi connectivity index (χ1) is 10.0. The average Bonchev–Trinajstić information content (AvgIpc) is 2.80. The van der Waals surface area contributed by atoms with Gasteiger partial charge in [0.25, 0.3) is 0 Å². The van der Waals surface area contributed by atoms with Gasteiger partial charge in [-0.3, -0.25) is 4.57 Å². The summed E-state index contributed by atoms with van der Waals surface area (Å²) in [6.45, 7) is 9.16. The lowest BCUT2D eigenvalue weighted by Gasteiger charge is -2.16. The van der Waals surface area contributed by atoms with Gasteiger partial charge in [-0.1, -0.05) is 26.0 Å². The van der Waals surface area contributed by atoms with E-state index in [-0.39, 0.29) is 6.04 Å². The highest BCUT2D eigenvalue weighted by molar-refractivity contribution is 5.45. The van der Waals surface area contributed by atoms with E-state index in [0.717, 1.165) is 17.3 Å². The highest BCUT2D eigenvalue weighted by Gasteiger charge is 2.11. The molecule has 2 rings (SSSR count). The Kier molecular flexibility index (Phi) is 5.02. The monoisotopic (exact) mass is 287 g/mol. The van der Waals surface area contributed by atoms with Crippen molar-refractivity contribution in [3.63, 3.8) is 0 Å². The van der Waals surface area contributed by atoms with E-state index in [2.05, 4.69) is 66.1 Å². The molecule has 4 nitrogen and oxygen atoms in total. The molecule has 0 fully saturated rings. The van der Waals surface area contributed by atoms with Gasteiger partial charge in [0.15, 0.2) is 0 Å². The SMILES string of the molecule is COCC(C)Nc1nc(C)cn1-c1cccc(C(C)C)c1. The Morgan fingerprint density at radius 1 is 1.29 bits per heavy atom. The van der Waals surface area contributed by atoms with Crippen molar-refractivity contribution < 1.29 is 4.74 Å². The molecule has 0 radical (unpaired) electrons. The van der Waals surface area contributed by atoms with Gasteiger partial charge in [-0.2, -0.15) is 0 Å². The summed E-state index contributed by atoms with van der Waals surface area (Å²) in [6, 6.07) is 8.81. The fraction of sp³-hybridized carbons (Fsp3) is 0.471. The third kappa shape index (κ3) is 3.85. The lowest BCUT2D eigenvalue weighted by atomic mass is 10.0. The maximum atomic E-state index is 5.18. The molecular weight excluding hydrogens is 262 g/mol. The summed E-state index contributed by atoms with van der Waals surface area (Å²) in [6.07, 6.45) is 2.06. The van der Waals surface area contributed by atoms with Gasteiger partial charge < -0.3 is 10.1 Å². The molecule has 0 bridgehead atoms. The van der Waals surface area contributed by atoms with Crippen LogP contribution in [0, 0.1) is 6.92 Å². The molecule has 1 aromatic carbocycles. The molecule has 1 atom stereocenters. The number of ether oxygens (including phenoxy) is 1. The summed E-state index contributed by atoms with van der Waals surface area (Å²) >= 11 is 0. The zero-order chi connectivity index (χ0) is 15.4. The first-order valence-corrected chi connectivity index (χ1v) is 7.43. The van der Waals surface area contributed by atoms with Crippen molar-refractivity contribution in [3.8, 4) is 5.69 Å². The topological polar surface area (TPSA) is 39.1 Å². The Balaban J connectivity index is 2.33. The fourth-order valence-electron chi connectivity index (χ4n) is 2.34. The van der Waals surface area contributed by atoms with Crippen LogP contribution in [0.25, 0.3) is 5.69 Å². The predicted molar refractivity (Wildman–Crippen MR) is 87.4 cm³/mol. The zero-order valence-corrected chi connectivity index (χ0v) is 13.6. The summed E-state index contributed by atoms with van der Waals surface area (Å²) in [5.74, 6) is 1.37. The molecule has 0 saturated heterocycles. The van der Waals surface area contributed by atoms with Crippen LogP contribution in [0.2, 0.25) is 0 Å². The smallest absolute Gasteiger partial charge is 0.208 e. The second-order valence-corrected chi connectivity index (χ2v) is 5.83. The zero-order valence-electron chi connectivity index (χ0n) is 13.6. The van der Waals surface area contributed by atoms with Gasteiger partial charge in [0.2, 0.25) is 5.95 Å². The van der Waals surface area contributed by atoms with Gasteiger partial charge in [0.05, 0.1) is 12.3 Å². The van der Waals surface area contributed by atoms with Crippen LogP contribution < -0.4 is 5.32 Å². The number of hydrogen-bond donors (Lipinski definition) is 1. The summed E-state index contributed by atoms with van der Waals surface area (Å²) in [4.78, 5) is 4.58. The van der Waals surface area contributed by atoms with E-state index in [9.17, 15) is 0 Å². The highest BCUT2D eigenvalue weighted by Crippen LogP contribution is 2.22. The Morgan fingerprint density at radius 2 is 2.05 bits per heavy atom. The van der Waals surface area contributed by atoms with E-state index in [4.69, 9.17) is 4.74 Å². The van der Waals surface area contributed by atoms with E-state index < -0.39 is 0 Å². The number of nitrogens with one attached hydrogen (secondary N) is 1. The van der Waals surface area contributed by atoms with Gasteiger partial charge >= 0.3 is 0 Å². The number of aromatic nitrogens is 2. The largest absolute Gasteiger partial charge is 0.383 e. The Morgan fingerprint density at radius 3 is 2.71 bits per heavy atom. The molecule has 0 aliphatic heterocycles. The van der Waals surface area contributed by atoms with Gasteiger partial charge in [0.1, 0.15) is 0 Å². The second kappa shape index (κ2) is 6.76. The number of methoxy groups -OCH3 is 1. The summed E-state index contributed by atoms with van der Waals surface area (Å²) < 4.78 is 7.28. The number of hydrogen-bond acceptors (Lipinski definition) is 3. The maximum Gasteiger partial charge on any atom is 0.208 e. The number of anilines is 1. The predicted octanol–water partition coefficient (Wildman–Crippen LogP) is 3.75. The van der Waals surface area contributed by atoms with Gasteiger partial charge in [0, 0.05) is 25.0 Å². The summed E-state index contributed by atoms with van der Waals surface area (Å²) in [7, 11) is 1.71. The molecule has 0 amide bonds. The van der Waals surface area contributed by atoms with Crippen LogP contribution in [0.15, 0.2) is 30.5 Å². The number of rotatable bonds is 6.